The molecule has 0 aliphatic carbocycles. The molecule has 1 N–H and O–H groups in total. The van der Waals surface area contributed by atoms with Crippen LogP contribution in [0.4, 0.5) is 5.69 Å². The van der Waals surface area contributed by atoms with Crippen LogP contribution in [0.15, 0.2) is 36.4 Å². The zero-order chi connectivity index (χ0) is 13.7. The summed E-state index contributed by atoms with van der Waals surface area (Å²) in [4.78, 5) is 13.7. The fraction of sp³-hybridized carbons (Fsp3) is 0.143. The number of nitrogens with one attached hydrogen (secondary N) is 1. The Labute approximate surface area is 115 Å². The summed E-state index contributed by atoms with van der Waals surface area (Å²) in [6.07, 6.45) is 0. The van der Waals surface area contributed by atoms with Gasteiger partial charge in [-0.15, -0.1) is 11.3 Å². The monoisotopic (exact) mass is 272 g/mol. The van der Waals surface area contributed by atoms with Crippen LogP contribution in [0.5, 0.6) is 5.75 Å². The van der Waals surface area contributed by atoms with E-state index in [1.807, 2.05) is 19.1 Å². The summed E-state index contributed by atoms with van der Waals surface area (Å²) in [6, 6.07) is 12.6. The van der Waals surface area contributed by atoms with Gasteiger partial charge in [0.1, 0.15) is 11.8 Å². The molecule has 19 heavy (non-hydrogen) atoms. The maximum absolute atomic E-state index is 12.0. The summed E-state index contributed by atoms with van der Waals surface area (Å²) in [6.45, 7) is 1.94. The smallest absolute Gasteiger partial charge is 0.265 e. The standard InChI is InChI=1S/C14H12N2O2S/c1-10-5-6-13(19-10)14(17)16-11-3-2-4-12(9-11)18-8-7-15/h2-6,9H,8H2,1H3,(H,16,17). The lowest BCUT2D eigenvalue weighted by molar-refractivity contribution is 0.103. The molecule has 0 bridgehead atoms. The van der Waals surface area contributed by atoms with Crippen LogP contribution in [0.3, 0.4) is 0 Å². The summed E-state index contributed by atoms with van der Waals surface area (Å²) >= 11 is 1.45. The zero-order valence-corrected chi connectivity index (χ0v) is 11.2. The summed E-state index contributed by atoms with van der Waals surface area (Å²) in [5.74, 6) is 0.414. The molecule has 0 saturated heterocycles. The molecular weight excluding hydrogens is 260 g/mol. The predicted molar refractivity (Wildman–Crippen MR) is 74.6 cm³/mol. The first-order valence-electron chi connectivity index (χ1n) is 5.66. The molecule has 0 aliphatic rings. The fourth-order valence-corrected chi connectivity index (χ4v) is 2.29. The maximum atomic E-state index is 12.0. The number of anilines is 1. The minimum Gasteiger partial charge on any atom is -0.479 e. The number of aryl methyl sites for hydroxylation is 1. The molecular formula is C14H12N2O2S. The lowest BCUT2D eigenvalue weighted by Crippen LogP contribution is -2.10. The molecule has 0 saturated carbocycles. The molecule has 1 amide bonds. The number of carbonyl (C=O) groups is 1. The molecule has 1 aromatic heterocycles. The number of benzene rings is 1. The van der Waals surface area contributed by atoms with Crippen molar-refractivity contribution in [2.24, 2.45) is 0 Å². The summed E-state index contributed by atoms with van der Waals surface area (Å²) in [5, 5.41) is 11.2. The fourth-order valence-electron chi connectivity index (χ4n) is 1.53. The molecule has 4 nitrogen and oxygen atoms in total. The first-order valence-corrected chi connectivity index (χ1v) is 6.48. The van der Waals surface area contributed by atoms with Crippen LogP contribution in [-0.2, 0) is 0 Å². The van der Waals surface area contributed by atoms with Gasteiger partial charge in [0.25, 0.3) is 5.91 Å². The zero-order valence-electron chi connectivity index (χ0n) is 10.3. The van der Waals surface area contributed by atoms with Crippen molar-refractivity contribution in [2.45, 2.75) is 6.92 Å². The Kier molecular flexibility index (Phi) is 4.16. The lowest BCUT2D eigenvalue weighted by atomic mass is 10.3. The molecule has 0 radical (unpaired) electrons. The third-order valence-electron chi connectivity index (χ3n) is 2.36. The Morgan fingerprint density at radius 2 is 2.26 bits per heavy atom. The van der Waals surface area contributed by atoms with Crippen LogP contribution in [-0.4, -0.2) is 12.5 Å². The second-order valence-corrected chi connectivity index (χ2v) is 5.13. The minimum atomic E-state index is -0.143. The molecule has 0 aliphatic heterocycles. The number of nitriles is 1. The highest BCUT2D eigenvalue weighted by atomic mass is 32.1. The van der Waals surface area contributed by atoms with Gasteiger partial charge in [-0.25, -0.2) is 0 Å². The molecule has 0 fully saturated rings. The van der Waals surface area contributed by atoms with E-state index >= 15 is 0 Å². The number of hydrogen-bond donors (Lipinski definition) is 1. The Balaban J connectivity index is 2.06. The number of ether oxygens (including phenoxy) is 1. The second-order valence-electron chi connectivity index (χ2n) is 3.84. The molecule has 1 aromatic carbocycles. The highest BCUT2D eigenvalue weighted by molar-refractivity contribution is 7.14. The average molecular weight is 272 g/mol. The Bertz CT molecular complexity index is 628. The van der Waals surface area contributed by atoms with Gasteiger partial charge in [0, 0.05) is 16.6 Å². The summed E-state index contributed by atoms with van der Waals surface area (Å²) in [5.41, 5.74) is 0.645. The van der Waals surface area contributed by atoms with Crippen LogP contribution >= 0.6 is 11.3 Å². The van der Waals surface area contributed by atoms with Gasteiger partial charge in [-0.05, 0) is 31.2 Å². The molecule has 0 spiro atoms. The summed E-state index contributed by atoms with van der Waals surface area (Å²) < 4.78 is 5.18. The number of thiophene rings is 1. The van der Waals surface area contributed by atoms with Gasteiger partial charge in [-0.1, -0.05) is 6.07 Å². The van der Waals surface area contributed by atoms with E-state index in [-0.39, 0.29) is 12.5 Å². The largest absolute Gasteiger partial charge is 0.479 e. The molecule has 2 rings (SSSR count). The average Bonchev–Trinajstić information content (AvgIpc) is 2.83. The van der Waals surface area contributed by atoms with Crippen LogP contribution < -0.4 is 10.1 Å². The van der Waals surface area contributed by atoms with E-state index < -0.39 is 0 Å². The SMILES string of the molecule is Cc1ccc(C(=O)Nc2cccc(OCC#N)c2)s1. The molecule has 2 aromatic rings. The highest BCUT2D eigenvalue weighted by Gasteiger charge is 2.08. The minimum absolute atomic E-state index is 0.0124. The van der Waals surface area contributed by atoms with Crippen molar-refractivity contribution in [3.8, 4) is 11.8 Å². The third-order valence-corrected chi connectivity index (χ3v) is 3.36. The van der Waals surface area contributed by atoms with Gasteiger partial charge in [0.15, 0.2) is 6.61 Å². The van der Waals surface area contributed by atoms with Gasteiger partial charge in [0.05, 0.1) is 4.88 Å². The number of carbonyl (C=O) groups excluding carboxylic acids is 1. The Morgan fingerprint density at radius 1 is 1.42 bits per heavy atom. The van der Waals surface area contributed by atoms with Crippen molar-refractivity contribution in [3.05, 3.63) is 46.2 Å². The van der Waals surface area contributed by atoms with Gasteiger partial charge < -0.3 is 10.1 Å². The van der Waals surface area contributed by atoms with E-state index in [0.717, 1.165) is 4.88 Å². The van der Waals surface area contributed by atoms with Gasteiger partial charge >= 0.3 is 0 Å². The number of rotatable bonds is 4. The normalized spacial score (nSPS) is 9.68. The van der Waals surface area contributed by atoms with Crippen molar-refractivity contribution in [2.75, 3.05) is 11.9 Å². The topological polar surface area (TPSA) is 62.1 Å². The van der Waals surface area contributed by atoms with Gasteiger partial charge in [0.2, 0.25) is 0 Å². The van der Waals surface area contributed by atoms with Crippen molar-refractivity contribution in [1.29, 1.82) is 5.26 Å². The van der Waals surface area contributed by atoms with E-state index in [4.69, 9.17) is 10.00 Å². The number of nitrogens with zero attached hydrogens (tertiary/aromatic N) is 1. The van der Waals surface area contributed by atoms with Gasteiger partial charge in [-0.2, -0.15) is 5.26 Å². The van der Waals surface area contributed by atoms with E-state index in [1.54, 1.807) is 30.3 Å². The number of hydrogen-bond acceptors (Lipinski definition) is 4. The van der Waals surface area contributed by atoms with E-state index in [2.05, 4.69) is 5.32 Å². The van der Waals surface area contributed by atoms with Crippen molar-refractivity contribution in [3.63, 3.8) is 0 Å². The molecule has 5 heteroatoms. The van der Waals surface area contributed by atoms with Crippen LogP contribution in [0.25, 0.3) is 0 Å². The third kappa shape index (κ3) is 3.57. The van der Waals surface area contributed by atoms with Gasteiger partial charge in [-0.3, -0.25) is 4.79 Å². The molecule has 1 heterocycles. The predicted octanol–water partition coefficient (Wildman–Crippen LogP) is 3.21. The first kappa shape index (κ1) is 13.1. The number of amides is 1. The lowest BCUT2D eigenvalue weighted by Gasteiger charge is -2.06. The van der Waals surface area contributed by atoms with Crippen LogP contribution in [0.1, 0.15) is 14.5 Å². The van der Waals surface area contributed by atoms with Crippen LogP contribution in [0, 0.1) is 18.3 Å². The molecule has 0 unspecified atom stereocenters. The van der Waals surface area contributed by atoms with Crippen LogP contribution in [0.2, 0.25) is 0 Å². The second kappa shape index (κ2) is 6.03. The van der Waals surface area contributed by atoms with E-state index in [1.165, 1.54) is 11.3 Å². The molecule has 96 valence electrons. The quantitative estimate of drug-likeness (QED) is 0.929. The Morgan fingerprint density at radius 3 is 2.95 bits per heavy atom. The van der Waals surface area contributed by atoms with Crippen molar-refractivity contribution >= 4 is 22.9 Å². The molecule has 0 atom stereocenters. The van der Waals surface area contributed by atoms with E-state index in [0.29, 0.717) is 16.3 Å². The van der Waals surface area contributed by atoms with Crippen molar-refractivity contribution < 1.29 is 9.53 Å². The van der Waals surface area contributed by atoms with Crippen molar-refractivity contribution in [1.82, 2.24) is 0 Å². The summed E-state index contributed by atoms with van der Waals surface area (Å²) in [7, 11) is 0. The highest BCUT2D eigenvalue weighted by Crippen LogP contribution is 2.20. The Hall–Kier alpha value is -2.32. The van der Waals surface area contributed by atoms with E-state index in [9.17, 15) is 4.79 Å². The maximum Gasteiger partial charge on any atom is 0.265 e. The first-order chi connectivity index (χ1) is 9.19.